The van der Waals surface area contributed by atoms with Crippen molar-refractivity contribution >= 4 is 27.4 Å². The van der Waals surface area contributed by atoms with Gasteiger partial charge in [-0.25, -0.2) is 9.13 Å². The Morgan fingerprint density at radius 1 is 1.23 bits per heavy atom. The van der Waals surface area contributed by atoms with E-state index in [0.29, 0.717) is 39.0 Å². The van der Waals surface area contributed by atoms with Gasteiger partial charge in [-0.05, 0) is 38.2 Å². The molecule has 10 N–H and O–H groups in total. The van der Waals surface area contributed by atoms with Crippen LogP contribution in [0.25, 0.3) is 0 Å². The fraction of sp³-hybridized carbons (Fsp3) is 0.737. The average molecular weight is 599 g/mol. The van der Waals surface area contributed by atoms with Gasteiger partial charge in [0.2, 0.25) is 5.62 Å². The van der Waals surface area contributed by atoms with Gasteiger partial charge in [-0.3, -0.25) is 24.0 Å². The summed E-state index contributed by atoms with van der Waals surface area (Å²) in [6.07, 6.45) is -1.25. The van der Waals surface area contributed by atoms with E-state index in [1.807, 2.05) is 0 Å². The van der Waals surface area contributed by atoms with Gasteiger partial charge in [-0.15, -0.1) is 0 Å². The van der Waals surface area contributed by atoms with Crippen LogP contribution in [0.1, 0.15) is 38.3 Å². The van der Waals surface area contributed by atoms with E-state index in [0.717, 1.165) is 12.8 Å². The molecule has 2 aliphatic rings. The topological polar surface area (TPSA) is 279 Å². The van der Waals surface area contributed by atoms with Crippen molar-refractivity contribution in [2.24, 2.45) is 10.7 Å². The fourth-order valence-electron chi connectivity index (χ4n) is 4.05. The number of anilines is 1. The van der Waals surface area contributed by atoms with Crippen molar-refractivity contribution in [3.63, 3.8) is 0 Å². The van der Waals surface area contributed by atoms with Crippen molar-refractivity contribution < 1.29 is 52.0 Å². The number of phosphoric acid groups is 2. The number of rotatable bonds is 13. The Bertz CT molecular complexity index is 1120. The molecular weight excluding hydrogens is 564 g/mol. The SMILES string of the molecule is N=C(N)NCCCC/N=c1\nc(N)ccn1[C@@H]1O[C@H](COP(=O)(O)O)[C@@H](OP(=O)(O)O)[C@H]1OC1CCCCO1. The van der Waals surface area contributed by atoms with Crippen molar-refractivity contribution in [1.82, 2.24) is 14.9 Å². The van der Waals surface area contributed by atoms with Gasteiger partial charge in [0.05, 0.1) is 6.61 Å². The van der Waals surface area contributed by atoms with E-state index in [-0.39, 0.29) is 17.4 Å². The predicted molar refractivity (Wildman–Crippen MR) is 134 cm³/mol. The summed E-state index contributed by atoms with van der Waals surface area (Å²) in [6.45, 7) is 0.413. The van der Waals surface area contributed by atoms with Crippen molar-refractivity contribution in [1.29, 1.82) is 5.41 Å². The third-order valence-electron chi connectivity index (χ3n) is 5.69. The Hall–Kier alpha value is -1.95. The first-order valence-electron chi connectivity index (χ1n) is 12.1. The molecule has 2 saturated heterocycles. The van der Waals surface area contributed by atoms with E-state index in [4.69, 9.17) is 35.6 Å². The number of nitrogens with two attached hydrogens (primary N) is 2. The number of nitrogen functional groups attached to an aromatic ring is 1. The number of nitrogens with zero attached hydrogens (tertiary/aromatic N) is 3. The smallest absolute Gasteiger partial charge is 0.384 e. The maximum absolute atomic E-state index is 11.9. The van der Waals surface area contributed by atoms with Gasteiger partial charge in [-0.1, -0.05) is 0 Å². The maximum Gasteiger partial charge on any atom is 0.470 e. The molecule has 0 aromatic carbocycles. The van der Waals surface area contributed by atoms with Crippen molar-refractivity contribution in [3.8, 4) is 0 Å². The monoisotopic (exact) mass is 599 g/mol. The highest BCUT2D eigenvalue weighted by Gasteiger charge is 2.51. The van der Waals surface area contributed by atoms with Crippen molar-refractivity contribution in [2.45, 2.75) is 62.9 Å². The highest BCUT2D eigenvalue weighted by Crippen LogP contribution is 2.46. The summed E-state index contributed by atoms with van der Waals surface area (Å²) in [6, 6.07) is 1.45. The average Bonchev–Trinajstić information content (AvgIpc) is 3.15. The van der Waals surface area contributed by atoms with E-state index < -0.39 is 53.1 Å². The van der Waals surface area contributed by atoms with Crippen molar-refractivity contribution in [2.75, 3.05) is 32.0 Å². The van der Waals surface area contributed by atoms with Crippen LogP contribution in [-0.4, -0.2) is 86.0 Å². The Balaban J connectivity index is 1.93. The molecule has 0 saturated carbocycles. The van der Waals surface area contributed by atoms with Crippen LogP contribution in [0.3, 0.4) is 0 Å². The first-order chi connectivity index (χ1) is 18.3. The molecular formula is C19H35N7O11P2. The van der Waals surface area contributed by atoms with Gasteiger partial charge in [0, 0.05) is 25.9 Å². The zero-order chi connectivity index (χ0) is 28.6. The van der Waals surface area contributed by atoms with Crippen LogP contribution >= 0.6 is 15.6 Å². The lowest BCUT2D eigenvalue weighted by atomic mass is 10.1. The van der Waals surface area contributed by atoms with Crippen LogP contribution in [0, 0.1) is 5.41 Å². The maximum atomic E-state index is 11.9. The van der Waals surface area contributed by atoms with Gasteiger partial charge in [0.15, 0.2) is 18.5 Å². The van der Waals surface area contributed by atoms with E-state index >= 15 is 0 Å². The number of hydrogen-bond donors (Lipinski definition) is 8. The second-order valence-electron chi connectivity index (χ2n) is 8.80. The number of hydrogen-bond acceptors (Lipinski definition) is 11. The molecule has 0 aliphatic carbocycles. The molecule has 18 nitrogen and oxygen atoms in total. The lowest BCUT2D eigenvalue weighted by Gasteiger charge is -2.31. The third-order valence-corrected chi connectivity index (χ3v) is 6.70. The van der Waals surface area contributed by atoms with Gasteiger partial charge in [0.1, 0.15) is 24.1 Å². The van der Waals surface area contributed by atoms with E-state index in [1.54, 1.807) is 0 Å². The van der Waals surface area contributed by atoms with Crippen LogP contribution in [0.4, 0.5) is 5.82 Å². The molecule has 0 bridgehead atoms. The second kappa shape index (κ2) is 14.1. The lowest BCUT2D eigenvalue weighted by Crippen LogP contribution is -2.42. The summed E-state index contributed by atoms with van der Waals surface area (Å²) in [5, 5.41) is 9.88. The number of nitrogens with one attached hydrogen (secondary N) is 2. The summed E-state index contributed by atoms with van der Waals surface area (Å²) in [5.41, 5.74) is 11.2. The molecule has 2 fully saturated rings. The second-order valence-corrected chi connectivity index (χ2v) is 11.2. The molecule has 3 heterocycles. The molecule has 1 aromatic heterocycles. The molecule has 1 aromatic rings. The standard InChI is InChI=1S/C19H35N7O11P2/c20-13-6-9-26(19(25-13)24-8-3-2-7-23-18(21)22)17-16(36-14-5-1-4-10-33-14)15(37-39(30,31)32)12(35-17)11-34-38(27,28)29/h6,9,12,14-17H,1-5,7-8,10-11H2,(H2,20,24,25)(H4,21,22,23)(H2,27,28,29)(H2,30,31,32)/t12-,14?,15-,16-,17-/m1/s1. The van der Waals surface area contributed by atoms with E-state index in [9.17, 15) is 28.7 Å². The summed E-state index contributed by atoms with van der Waals surface area (Å²) in [7, 11) is -10.1. The summed E-state index contributed by atoms with van der Waals surface area (Å²) >= 11 is 0. The quantitative estimate of drug-likeness (QED) is 0.0586. The Morgan fingerprint density at radius 3 is 2.64 bits per heavy atom. The third kappa shape index (κ3) is 10.5. The molecule has 0 spiro atoms. The largest absolute Gasteiger partial charge is 0.470 e. The predicted octanol–water partition coefficient (Wildman–Crippen LogP) is -0.974. The minimum atomic E-state index is -5.13. The highest BCUT2D eigenvalue weighted by atomic mass is 31.2. The first kappa shape index (κ1) is 31.6. The van der Waals surface area contributed by atoms with Crippen LogP contribution in [0.15, 0.2) is 17.3 Å². The summed E-state index contributed by atoms with van der Waals surface area (Å²) in [4.78, 5) is 46.3. The van der Waals surface area contributed by atoms with Crippen LogP contribution in [-0.2, 0) is 32.4 Å². The molecule has 5 atom stereocenters. The molecule has 1 unspecified atom stereocenters. The highest BCUT2D eigenvalue weighted by molar-refractivity contribution is 7.46. The van der Waals surface area contributed by atoms with Gasteiger partial charge in [0.25, 0.3) is 0 Å². The minimum absolute atomic E-state index is 0.101. The van der Waals surface area contributed by atoms with Crippen molar-refractivity contribution in [3.05, 3.63) is 17.9 Å². The lowest BCUT2D eigenvalue weighted by molar-refractivity contribution is -0.214. The minimum Gasteiger partial charge on any atom is -0.384 e. The van der Waals surface area contributed by atoms with Crippen LogP contribution in [0.5, 0.6) is 0 Å². The fourth-order valence-corrected chi connectivity index (χ4v) is 4.96. The number of ether oxygens (including phenoxy) is 3. The van der Waals surface area contributed by atoms with Crippen LogP contribution < -0.4 is 22.4 Å². The number of aromatic nitrogens is 2. The molecule has 0 amide bonds. The number of guanidine groups is 1. The molecule has 0 radical (unpaired) electrons. The van der Waals surface area contributed by atoms with Crippen LogP contribution in [0.2, 0.25) is 0 Å². The first-order valence-corrected chi connectivity index (χ1v) is 15.2. The Kier molecular flexibility index (Phi) is 11.4. The van der Waals surface area contributed by atoms with Gasteiger partial charge >= 0.3 is 15.6 Å². The molecule has 222 valence electrons. The zero-order valence-corrected chi connectivity index (χ0v) is 22.7. The van der Waals surface area contributed by atoms with Gasteiger partial charge < -0.3 is 50.6 Å². The Morgan fingerprint density at radius 2 is 2.00 bits per heavy atom. The molecule has 2 aliphatic heterocycles. The van der Waals surface area contributed by atoms with Gasteiger partial charge in [-0.2, -0.15) is 4.98 Å². The Labute approximate surface area is 223 Å². The molecule has 39 heavy (non-hydrogen) atoms. The number of unbranched alkanes of at least 4 members (excludes halogenated alkanes) is 1. The molecule has 3 rings (SSSR count). The normalized spacial score (nSPS) is 26.6. The molecule has 20 heteroatoms. The zero-order valence-electron chi connectivity index (χ0n) is 20.9. The summed E-state index contributed by atoms with van der Waals surface area (Å²) in [5.74, 6) is -0.00302. The van der Waals surface area contributed by atoms with E-state index in [1.165, 1.54) is 16.8 Å². The van der Waals surface area contributed by atoms with E-state index in [2.05, 4.69) is 19.8 Å². The number of phosphoric ester groups is 2. The summed E-state index contributed by atoms with van der Waals surface area (Å²) < 4.78 is 51.9.